The van der Waals surface area contributed by atoms with Crippen molar-refractivity contribution in [1.82, 2.24) is 0 Å². The first-order chi connectivity index (χ1) is 5.31. The lowest BCUT2D eigenvalue weighted by atomic mass is 9.73. The van der Waals surface area contributed by atoms with Crippen LogP contribution < -0.4 is 0 Å². The molecule has 0 spiro atoms. The molecule has 2 fully saturated rings. The van der Waals surface area contributed by atoms with Crippen molar-refractivity contribution in [2.45, 2.75) is 37.7 Å². The van der Waals surface area contributed by atoms with Gasteiger partial charge in [0.2, 0.25) is 0 Å². The Labute approximate surface area is 67.6 Å². The van der Waals surface area contributed by atoms with Crippen molar-refractivity contribution in [3.8, 4) is 0 Å². The summed E-state index contributed by atoms with van der Waals surface area (Å²) in [5.41, 5.74) is -0.351. The lowest BCUT2D eigenvalue weighted by Gasteiger charge is -2.43. The maximum atomic E-state index is 10.1. The summed E-state index contributed by atoms with van der Waals surface area (Å²) < 4.78 is 5.34. The zero-order chi connectivity index (χ0) is 7.73. The van der Waals surface area contributed by atoms with Gasteiger partial charge in [-0.05, 0) is 19.3 Å². The van der Waals surface area contributed by atoms with E-state index in [4.69, 9.17) is 4.74 Å². The Morgan fingerprint density at radius 3 is 3.00 bits per heavy atom. The van der Waals surface area contributed by atoms with E-state index in [1.165, 1.54) is 12.8 Å². The van der Waals surface area contributed by atoms with Gasteiger partial charge in [-0.2, -0.15) is 0 Å². The van der Waals surface area contributed by atoms with E-state index in [9.17, 15) is 5.11 Å². The van der Waals surface area contributed by atoms with Crippen LogP contribution in [0.15, 0.2) is 0 Å². The summed E-state index contributed by atoms with van der Waals surface area (Å²) in [5, 5.41) is 10.1. The van der Waals surface area contributed by atoms with Crippen molar-refractivity contribution in [3.63, 3.8) is 0 Å². The molecule has 1 saturated heterocycles. The van der Waals surface area contributed by atoms with Gasteiger partial charge in [0.1, 0.15) is 0 Å². The Kier molecular flexibility index (Phi) is 1.90. The fraction of sp³-hybridized carbons (Fsp3) is 1.00. The highest BCUT2D eigenvalue weighted by Crippen LogP contribution is 2.38. The first-order valence-corrected chi connectivity index (χ1v) is 4.61. The van der Waals surface area contributed by atoms with Crippen LogP contribution in [0.3, 0.4) is 0 Å². The van der Waals surface area contributed by atoms with Gasteiger partial charge in [-0.15, -0.1) is 0 Å². The standard InChI is InChI=1S/C9H16O2/c10-9-4-2-1-3-8(9)7-11-6-5-9/h8,10H,1-7H2. The van der Waals surface area contributed by atoms with E-state index in [0.29, 0.717) is 5.92 Å². The van der Waals surface area contributed by atoms with E-state index in [1.54, 1.807) is 0 Å². The largest absolute Gasteiger partial charge is 0.389 e. The van der Waals surface area contributed by atoms with Gasteiger partial charge in [0.15, 0.2) is 0 Å². The van der Waals surface area contributed by atoms with Crippen molar-refractivity contribution in [2.75, 3.05) is 13.2 Å². The Bertz CT molecular complexity index is 132. The van der Waals surface area contributed by atoms with Crippen LogP contribution in [-0.2, 0) is 4.74 Å². The van der Waals surface area contributed by atoms with Gasteiger partial charge in [0.25, 0.3) is 0 Å². The number of fused-ring (bicyclic) bond motifs is 1. The van der Waals surface area contributed by atoms with Gasteiger partial charge in [0.05, 0.1) is 12.2 Å². The molecular weight excluding hydrogens is 140 g/mol. The Morgan fingerprint density at radius 2 is 2.18 bits per heavy atom. The quantitative estimate of drug-likeness (QED) is 0.573. The van der Waals surface area contributed by atoms with Crippen LogP contribution in [0, 0.1) is 5.92 Å². The van der Waals surface area contributed by atoms with Crippen molar-refractivity contribution in [3.05, 3.63) is 0 Å². The second kappa shape index (κ2) is 2.76. The zero-order valence-corrected chi connectivity index (χ0v) is 6.88. The van der Waals surface area contributed by atoms with Crippen LogP contribution in [-0.4, -0.2) is 23.9 Å². The molecule has 64 valence electrons. The van der Waals surface area contributed by atoms with Gasteiger partial charge >= 0.3 is 0 Å². The highest BCUT2D eigenvalue weighted by atomic mass is 16.5. The van der Waals surface area contributed by atoms with E-state index in [1.807, 2.05) is 0 Å². The second-order valence-electron chi connectivity index (χ2n) is 3.87. The predicted octanol–water partition coefficient (Wildman–Crippen LogP) is 1.33. The maximum absolute atomic E-state index is 10.1. The molecule has 1 aliphatic carbocycles. The van der Waals surface area contributed by atoms with Crippen molar-refractivity contribution >= 4 is 0 Å². The number of hydrogen-bond acceptors (Lipinski definition) is 2. The number of hydrogen-bond donors (Lipinski definition) is 1. The third-order valence-corrected chi connectivity index (χ3v) is 3.17. The molecule has 2 heteroatoms. The molecule has 0 aromatic heterocycles. The molecule has 0 aromatic carbocycles. The maximum Gasteiger partial charge on any atom is 0.0719 e. The summed E-state index contributed by atoms with van der Waals surface area (Å²) in [4.78, 5) is 0. The van der Waals surface area contributed by atoms with E-state index >= 15 is 0 Å². The van der Waals surface area contributed by atoms with E-state index in [2.05, 4.69) is 0 Å². The third kappa shape index (κ3) is 1.30. The average molecular weight is 156 g/mol. The van der Waals surface area contributed by atoms with E-state index in [0.717, 1.165) is 32.5 Å². The SMILES string of the molecule is OC12CCCCC1COCC2. The minimum absolute atomic E-state index is 0.351. The Morgan fingerprint density at radius 1 is 1.27 bits per heavy atom. The van der Waals surface area contributed by atoms with Crippen LogP contribution in [0.4, 0.5) is 0 Å². The molecule has 1 aliphatic heterocycles. The van der Waals surface area contributed by atoms with Gasteiger partial charge in [-0.1, -0.05) is 12.8 Å². The van der Waals surface area contributed by atoms with Gasteiger partial charge < -0.3 is 9.84 Å². The molecule has 0 radical (unpaired) electrons. The first kappa shape index (κ1) is 7.56. The summed E-state index contributed by atoms with van der Waals surface area (Å²) in [6.07, 6.45) is 5.50. The van der Waals surface area contributed by atoms with Gasteiger partial charge in [-0.25, -0.2) is 0 Å². The molecular formula is C9H16O2. The van der Waals surface area contributed by atoms with Crippen LogP contribution in [0.1, 0.15) is 32.1 Å². The number of rotatable bonds is 0. The number of ether oxygens (including phenoxy) is 1. The molecule has 1 saturated carbocycles. The lowest BCUT2D eigenvalue weighted by Crippen LogP contribution is -2.47. The highest BCUT2D eigenvalue weighted by molar-refractivity contribution is 4.91. The minimum atomic E-state index is -0.351. The van der Waals surface area contributed by atoms with Crippen LogP contribution >= 0.6 is 0 Å². The summed E-state index contributed by atoms with van der Waals surface area (Å²) in [7, 11) is 0. The van der Waals surface area contributed by atoms with Crippen molar-refractivity contribution in [2.24, 2.45) is 5.92 Å². The fourth-order valence-electron chi connectivity index (χ4n) is 2.34. The smallest absolute Gasteiger partial charge is 0.0719 e. The van der Waals surface area contributed by atoms with Crippen LogP contribution in [0.25, 0.3) is 0 Å². The molecule has 2 aliphatic rings. The average Bonchev–Trinajstić information content (AvgIpc) is 2.03. The highest BCUT2D eigenvalue weighted by Gasteiger charge is 2.40. The molecule has 2 rings (SSSR count). The molecule has 0 amide bonds. The Hall–Kier alpha value is -0.0800. The van der Waals surface area contributed by atoms with Crippen LogP contribution in [0.5, 0.6) is 0 Å². The molecule has 2 nitrogen and oxygen atoms in total. The fourth-order valence-corrected chi connectivity index (χ4v) is 2.34. The van der Waals surface area contributed by atoms with Gasteiger partial charge in [0, 0.05) is 12.5 Å². The van der Waals surface area contributed by atoms with Gasteiger partial charge in [-0.3, -0.25) is 0 Å². The minimum Gasteiger partial charge on any atom is -0.389 e. The molecule has 2 unspecified atom stereocenters. The summed E-state index contributed by atoms with van der Waals surface area (Å²) >= 11 is 0. The molecule has 11 heavy (non-hydrogen) atoms. The Balaban J connectivity index is 2.06. The zero-order valence-electron chi connectivity index (χ0n) is 6.88. The molecule has 1 N–H and O–H groups in total. The summed E-state index contributed by atoms with van der Waals surface area (Å²) in [6, 6.07) is 0. The topological polar surface area (TPSA) is 29.5 Å². The van der Waals surface area contributed by atoms with Crippen molar-refractivity contribution in [1.29, 1.82) is 0 Å². The second-order valence-corrected chi connectivity index (χ2v) is 3.87. The normalized spacial score (nSPS) is 45.0. The molecule has 0 bridgehead atoms. The summed E-state index contributed by atoms with van der Waals surface area (Å²) in [6.45, 7) is 1.55. The molecule has 0 aromatic rings. The van der Waals surface area contributed by atoms with E-state index in [-0.39, 0.29) is 5.60 Å². The van der Waals surface area contributed by atoms with Crippen molar-refractivity contribution < 1.29 is 9.84 Å². The first-order valence-electron chi connectivity index (χ1n) is 4.61. The van der Waals surface area contributed by atoms with Crippen LogP contribution in [0.2, 0.25) is 0 Å². The monoisotopic (exact) mass is 156 g/mol. The van der Waals surface area contributed by atoms with E-state index < -0.39 is 0 Å². The number of aliphatic hydroxyl groups is 1. The predicted molar refractivity (Wildman–Crippen MR) is 42.3 cm³/mol. The lowest BCUT2D eigenvalue weighted by molar-refractivity contribution is -0.131. The third-order valence-electron chi connectivity index (χ3n) is 3.17. The molecule has 2 atom stereocenters. The molecule has 1 heterocycles. The summed E-state index contributed by atoms with van der Waals surface area (Å²) in [5.74, 6) is 0.435.